The zero-order valence-corrected chi connectivity index (χ0v) is 50.5. The average molecular weight is 1080 g/mol. The highest BCUT2D eigenvalue weighted by atomic mass is 16.4. The molecule has 4 nitrogen and oxygen atoms in total. The number of fused-ring (bicyclic) bond motifs is 9. The molecule has 83 heavy (non-hydrogen) atoms. The molecule has 2 bridgehead atoms. The molecule has 3 heterocycles. The quantitative estimate of drug-likeness (QED) is 0.148. The molecule has 1 fully saturated rings. The van der Waals surface area contributed by atoms with E-state index in [1.807, 2.05) is 0 Å². The van der Waals surface area contributed by atoms with Crippen LogP contribution in [-0.4, -0.2) is 6.71 Å². The lowest BCUT2D eigenvalue weighted by atomic mass is 9.33. The van der Waals surface area contributed by atoms with Crippen molar-refractivity contribution in [1.82, 2.24) is 0 Å². The average Bonchev–Trinajstić information content (AvgIpc) is 2.18. The van der Waals surface area contributed by atoms with Gasteiger partial charge in [-0.1, -0.05) is 159 Å². The minimum atomic E-state index is -0.123. The molecule has 1 aromatic heterocycles. The van der Waals surface area contributed by atoms with Crippen molar-refractivity contribution in [3.8, 4) is 22.3 Å². The van der Waals surface area contributed by atoms with Gasteiger partial charge in [0.05, 0.1) is 5.69 Å². The molecule has 1 saturated carbocycles. The number of para-hydroxylation sites is 2. The summed E-state index contributed by atoms with van der Waals surface area (Å²) in [5, 5.41) is 1.25. The van der Waals surface area contributed by atoms with E-state index in [1.165, 1.54) is 115 Å². The molecule has 9 aromatic carbocycles. The van der Waals surface area contributed by atoms with Crippen LogP contribution >= 0.6 is 0 Å². The number of furan rings is 1. The first-order valence-corrected chi connectivity index (χ1v) is 30.7. The Balaban J connectivity index is 1.04. The van der Waals surface area contributed by atoms with Gasteiger partial charge in [0, 0.05) is 50.7 Å². The summed E-state index contributed by atoms with van der Waals surface area (Å²) < 4.78 is 7.80. The normalized spacial score (nSPS) is 19.7. The second-order valence-corrected chi connectivity index (χ2v) is 28.3. The zero-order chi connectivity index (χ0) is 57.1. The van der Waals surface area contributed by atoms with Crippen LogP contribution in [0.3, 0.4) is 0 Å². The van der Waals surface area contributed by atoms with Crippen molar-refractivity contribution < 1.29 is 4.42 Å². The Morgan fingerprint density at radius 2 is 0.976 bits per heavy atom. The van der Waals surface area contributed by atoms with E-state index >= 15 is 0 Å². The van der Waals surface area contributed by atoms with E-state index < -0.39 is 0 Å². The largest absolute Gasteiger partial charge is 0.440 e. The third-order valence-electron chi connectivity index (χ3n) is 20.9. The van der Waals surface area contributed by atoms with Gasteiger partial charge in [0.2, 0.25) is 5.88 Å². The van der Waals surface area contributed by atoms with Gasteiger partial charge in [-0.2, -0.15) is 0 Å². The number of aryl methyl sites for hydroxylation is 2. The third-order valence-corrected chi connectivity index (χ3v) is 20.9. The Hall–Kier alpha value is -8.02. The van der Waals surface area contributed by atoms with Gasteiger partial charge >= 0.3 is 0 Å². The summed E-state index contributed by atoms with van der Waals surface area (Å²) in [6.07, 6.45) is 7.18. The molecule has 16 rings (SSSR count). The maximum atomic E-state index is 7.80. The molecule has 0 amide bonds. The summed E-state index contributed by atoms with van der Waals surface area (Å²) in [6.45, 7) is 26.5. The first-order valence-electron chi connectivity index (χ1n) is 30.7. The van der Waals surface area contributed by atoms with Crippen molar-refractivity contribution in [2.24, 2.45) is 0 Å². The minimum absolute atomic E-state index is 0.00439. The molecule has 6 aliphatic rings. The monoisotopic (exact) mass is 1080 g/mol. The number of benzene rings is 9. The first-order chi connectivity index (χ1) is 39.8. The van der Waals surface area contributed by atoms with Gasteiger partial charge in [0.15, 0.2) is 0 Å². The number of hydrogen-bond acceptors (Lipinski definition) is 4. The summed E-state index contributed by atoms with van der Waals surface area (Å²) in [6, 6.07) is 71.5. The van der Waals surface area contributed by atoms with E-state index in [2.05, 4.69) is 279 Å². The molecular weight excluding hydrogens is 1010 g/mol. The molecule has 0 radical (unpaired) electrons. The van der Waals surface area contributed by atoms with Gasteiger partial charge in [0.25, 0.3) is 6.71 Å². The fourth-order valence-electron chi connectivity index (χ4n) is 15.8. The zero-order valence-electron chi connectivity index (χ0n) is 50.5. The molecular formula is C78H76BN3O. The third kappa shape index (κ3) is 7.99. The van der Waals surface area contributed by atoms with Gasteiger partial charge in [-0.15, -0.1) is 0 Å². The minimum Gasteiger partial charge on any atom is -0.440 e. The molecule has 4 aliphatic carbocycles. The van der Waals surface area contributed by atoms with Crippen LogP contribution in [0.2, 0.25) is 0 Å². The summed E-state index contributed by atoms with van der Waals surface area (Å²) in [5.74, 6) is 0.940. The van der Waals surface area contributed by atoms with Crippen molar-refractivity contribution in [2.75, 3.05) is 14.7 Å². The summed E-state index contributed by atoms with van der Waals surface area (Å²) in [4.78, 5) is 7.58. The van der Waals surface area contributed by atoms with Crippen molar-refractivity contribution in [3.63, 3.8) is 0 Å². The topological polar surface area (TPSA) is 22.9 Å². The molecule has 10 aromatic rings. The lowest BCUT2D eigenvalue weighted by molar-refractivity contribution is 0.188. The van der Waals surface area contributed by atoms with E-state index in [4.69, 9.17) is 4.42 Å². The van der Waals surface area contributed by atoms with Crippen LogP contribution in [0.15, 0.2) is 192 Å². The van der Waals surface area contributed by atoms with Gasteiger partial charge in [-0.25, -0.2) is 0 Å². The lowest BCUT2D eigenvalue weighted by Crippen LogP contribution is -2.61. The predicted octanol–water partition coefficient (Wildman–Crippen LogP) is 19.7. The van der Waals surface area contributed by atoms with Crippen LogP contribution in [0.5, 0.6) is 0 Å². The maximum Gasteiger partial charge on any atom is 0.257 e. The van der Waals surface area contributed by atoms with E-state index in [0.29, 0.717) is 0 Å². The van der Waals surface area contributed by atoms with Gasteiger partial charge < -0.3 is 14.2 Å². The first kappa shape index (κ1) is 51.8. The molecule has 0 saturated heterocycles. The fourth-order valence-corrected chi connectivity index (χ4v) is 15.8. The van der Waals surface area contributed by atoms with Crippen LogP contribution in [-0.2, 0) is 27.1 Å². The second-order valence-electron chi connectivity index (χ2n) is 28.3. The van der Waals surface area contributed by atoms with Crippen LogP contribution in [0, 0.1) is 13.8 Å². The molecule has 412 valence electrons. The SMILES string of the molecule is Cc1cc(-c2ccccc2)cc(C)c1N1c2ccc(C(C)(C)C)cc2B2c3c(cc(-c4ccc(N(c5ccccc5)c5ccccc5)cc4)cc31)N(c1ccc3c(c1)C(C)(C)CCC3(C)C)c1oc3cc4c(cc3c12)C1(C)CCC4(C)CC1. The van der Waals surface area contributed by atoms with E-state index in [1.54, 1.807) is 0 Å². The fraction of sp³-hybridized carbons (Fsp3) is 0.282. The van der Waals surface area contributed by atoms with Crippen molar-refractivity contribution in [2.45, 2.75) is 142 Å². The summed E-state index contributed by atoms with van der Waals surface area (Å²) in [5.41, 5.74) is 29.0. The van der Waals surface area contributed by atoms with Gasteiger partial charge in [0.1, 0.15) is 5.58 Å². The Kier molecular flexibility index (Phi) is 11.4. The number of rotatable bonds is 7. The van der Waals surface area contributed by atoms with Crippen LogP contribution in [0.4, 0.5) is 51.4 Å². The van der Waals surface area contributed by atoms with E-state index in [9.17, 15) is 0 Å². The second kappa shape index (κ2) is 18.2. The Labute approximate surface area is 492 Å². The highest BCUT2D eigenvalue weighted by Gasteiger charge is 2.51. The Morgan fingerprint density at radius 1 is 0.446 bits per heavy atom. The Morgan fingerprint density at radius 3 is 1.58 bits per heavy atom. The van der Waals surface area contributed by atoms with Gasteiger partial charge in [-0.3, -0.25) is 4.90 Å². The smallest absolute Gasteiger partial charge is 0.257 e. The van der Waals surface area contributed by atoms with E-state index in [-0.39, 0.29) is 33.8 Å². The highest BCUT2D eigenvalue weighted by molar-refractivity contribution is 7.01. The molecule has 0 atom stereocenters. The van der Waals surface area contributed by atoms with Crippen molar-refractivity contribution in [1.29, 1.82) is 0 Å². The van der Waals surface area contributed by atoms with Crippen molar-refractivity contribution in [3.05, 3.63) is 227 Å². The summed E-state index contributed by atoms with van der Waals surface area (Å²) in [7, 11) is 0. The van der Waals surface area contributed by atoms with Crippen LogP contribution < -0.4 is 31.1 Å². The van der Waals surface area contributed by atoms with Crippen LogP contribution in [0.1, 0.15) is 140 Å². The molecule has 0 unspecified atom stereocenters. The molecule has 0 N–H and O–H groups in total. The number of nitrogens with zero attached hydrogens (tertiary/aromatic N) is 3. The molecule has 0 spiro atoms. The molecule has 5 heteroatoms. The maximum absolute atomic E-state index is 7.80. The summed E-state index contributed by atoms with van der Waals surface area (Å²) >= 11 is 0. The Bertz CT molecular complexity index is 4190. The highest BCUT2D eigenvalue weighted by Crippen LogP contribution is 2.58. The predicted molar refractivity (Wildman–Crippen MR) is 352 cm³/mol. The van der Waals surface area contributed by atoms with Gasteiger partial charge in [-0.05, 0) is 243 Å². The lowest BCUT2D eigenvalue weighted by Gasteiger charge is -2.52. The standard InChI is InChI=1S/C78H76BN3O/c1-49-41-53(51-21-15-12-16-22-51)42-50(2)72(49)82-66-34-29-55(74(3,4)5)45-65(66)79-70-60-47-63-64(78(11)39-37-77(63,10)38-40-78)48-69(60)83-73(70)81(59-32-33-61-62(46-59)76(8,9)36-35-75(61,6)7)67-43-54(44-68(82)71(67)79)52-27-30-58(31-28-52)80(56-23-17-13-18-24-56)57-25-19-14-20-26-57/h12-34,41-48H,35-40H2,1-11H3. The van der Waals surface area contributed by atoms with Crippen molar-refractivity contribution >= 4 is 85.5 Å². The van der Waals surface area contributed by atoms with E-state index in [0.717, 1.165) is 63.9 Å². The molecule has 2 aliphatic heterocycles. The van der Waals surface area contributed by atoms with Crippen LogP contribution in [0.25, 0.3) is 33.2 Å². The number of hydrogen-bond donors (Lipinski definition) is 0. The number of anilines is 9.